The number of nitrogens with zero attached hydrogens (tertiary/aromatic N) is 3. The fourth-order valence-corrected chi connectivity index (χ4v) is 4.91. The van der Waals surface area contributed by atoms with Crippen molar-refractivity contribution in [2.75, 3.05) is 51.1 Å². The zero-order valence-electron chi connectivity index (χ0n) is 11.4. The molecule has 2 fully saturated rings. The lowest BCUT2D eigenvalue weighted by Crippen LogP contribution is -2.53. The average molecular weight is 354 g/mol. The van der Waals surface area contributed by atoms with E-state index in [4.69, 9.17) is 0 Å². The van der Waals surface area contributed by atoms with Crippen molar-refractivity contribution in [2.24, 2.45) is 0 Å². The van der Waals surface area contributed by atoms with Crippen LogP contribution in [0.25, 0.3) is 0 Å². The average Bonchev–Trinajstić information content (AvgIpc) is 2.69. The molecule has 7 heteroatoms. The lowest BCUT2D eigenvalue weighted by Gasteiger charge is -2.36. The summed E-state index contributed by atoms with van der Waals surface area (Å²) in [7, 11) is -3.22. The van der Waals surface area contributed by atoms with Gasteiger partial charge in [-0.15, -0.1) is 0 Å². The van der Waals surface area contributed by atoms with Gasteiger partial charge >= 0.3 is 0 Å². The fraction of sp³-hybridized carbons (Fsp3) is 1.00. The van der Waals surface area contributed by atoms with Gasteiger partial charge in [-0.05, 0) is 12.8 Å². The Hall–Kier alpha value is 0.310. The van der Waals surface area contributed by atoms with E-state index in [2.05, 4.69) is 20.8 Å². The molecule has 5 nitrogen and oxygen atoms in total. The summed E-state index contributed by atoms with van der Waals surface area (Å²) in [5.74, 6) is 0. The maximum Gasteiger partial charge on any atom is 0.282 e. The van der Waals surface area contributed by atoms with Crippen LogP contribution in [0, 0.1) is 0 Å². The minimum absolute atomic E-state index is 0.631. The highest BCUT2D eigenvalue weighted by Crippen LogP contribution is 2.17. The third-order valence-electron chi connectivity index (χ3n) is 3.95. The van der Waals surface area contributed by atoms with Crippen LogP contribution in [0.2, 0.25) is 0 Å². The summed E-state index contributed by atoms with van der Waals surface area (Å²) < 4.78 is 28.5. The molecule has 0 bridgehead atoms. The summed E-state index contributed by atoms with van der Waals surface area (Å²) in [5, 5.41) is 0.950. The molecule has 0 radical (unpaired) electrons. The summed E-state index contributed by atoms with van der Waals surface area (Å²) in [6.45, 7) is 5.35. The lowest BCUT2D eigenvalue weighted by molar-refractivity contribution is 0.190. The molecule has 0 saturated carbocycles. The molecule has 0 atom stereocenters. The first-order valence-corrected chi connectivity index (χ1v) is 9.70. The summed E-state index contributed by atoms with van der Waals surface area (Å²) in [6.07, 6.45) is 4.32. The van der Waals surface area contributed by atoms with Crippen LogP contribution in [0.4, 0.5) is 0 Å². The Labute approximate surface area is 125 Å². The molecule has 2 heterocycles. The number of alkyl halides is 1. The molecular formula is C12H24BrN3O2S. The Bertz CT molecular complexity index is 361. The van der Waals surface area contributed by atoms with Crippen molar-refractivity contribution in [3.05, 3.63) is 0 Å². The highest BCUT2D eigenvalue weighted by molar-refractivity contribution is 9.09. The molecule has 2 rings (SSSR count). The molecule has 0 aromatic rings. The minimum atomic E-state index is -3.22. The summed E-state index contributed by atoms with van der Waals surface area (Å²) in [5.41, 5.74) is 0. The largest absolute Gasteiger partial charge is 0.300 e. The summed E-state index contributed by atoms with van der Waals surface area (Å²) >= 11 is 3.43. The van der Waals surface area contributed by atoms with Gasteiger partial charge in [-0.1, -0.05) is 28.8 Å². The van der Waals surface area contributed by atoms with E-state index < -0.39 is 10.2 Å². The van der Waals surface area contributed by atoms with Gasteiger partial charge in [-0.2, -0.15) is 17.0 Å². The number of rotatable bonds is 4. The molecular weight excluding hydrogens is 330 g/mol. The fourth-order valence-electron chi connectivity index (χ4n) is 2.74. The molecule has 2 aliphatic heterocycles. The highest BCUT2D eigenvalue weighted by atomic mass is 79.9. The first-order valence-electron chi connectivity index (χ1n) is 7.18. The van der Waals surface area contributed by atoms with Gasteiger partial charge in [0.1, 0.15) is 0 Å². The Kier molecular flexibility index (Phi) is 6.08. The molecule has 2 saturated heterocycles. The van der Waals surface area contributed by atoms with Crippen LogP contribution < -0.4 is 0 Å². The van der Waals surface area contributed by atoms with Gasteiger partial charge in [0.2, 0.25) is 0 Å². The van der Waals surface area contributed by atoms with E-state index in [1.807, 2.05) is 0 Å². The topological polar surface area (TPSA) is 43.9 Å². The molecule has 0 unspecified atom stereocenters. The van der Waals surface area contributed by atoms with Crippen LogP contribution in [0.1, 0.15) is 25.7 Å². The predicted octanol–water partition coefficient (Wildman–Crippen LogP) is 1.12. The first kappa shape index (κ1) is 15.7. The Morgan fingerprint density at radius 3 is 1.84 bits per heavy atom. The normalized spacial score (nSPS) is 25.3. The lowest BCUT2D eigenvalue weighted by atomic mass is 10.2. The smallest absolute Gasteiger partial charge is 0.282 e. The maximum atomic E-state index is 12.6. The summed E-state index contributed by atoms with van der Waals surface area (Å²) in [6, 6.07) is 0. The van der Waals surface area contributed by atoms with Crippen LogP contribution in [-0.2, 0) is 10.2 Å². The second kappa shape index (κ2) is 7.36. The second-order valence-corrected chi connectivity index (χ2v) is 7.97. The van der Waals surface area contributed by atoms with Gasteiger partial charge in [0.15, 0.2) is 0 Å². The van der Waals surface area contributed by atoms with E-state index in [1.54, 1.807) is 8.61 Å². The van der Waals surface area contributed by atoms with E-state index in [0.717, 1.165) is 50.6 Å². The number of hydrogen-bond acceptors (Lipinski definition) is 3. The second-order valence-electron chi connectivity index (χ2n) is 5.25. The van der Waals surface area contributed by atoms with Gasteiger partial charge < -0.3 is 0 Å². The maximum absolute atomic E-state index is 12.6. The van der Waals surface area contributed by atoms with Crippen LogP contribution in [0.15, 0.2) is 0 Å². The van der Waals surface area contributed by atoms with Crippen LogP contribution in [-0.4, -0.2) is 73.1 Å². The molecule has 2 aliphatic rings. The quantitative estimate of drug-likeness (QED) is 0.711. The van der Waals surface area contributed by atoms with Crippen molar-refractivity contribution >= 4 is 26.1 Å². The third kappa shape index (κ3) is 4.14. The molecule has 0 N–H and O–H groups in total. The number of piperazine rings is 1. The van der Waals surface area contributed by atoms with Crippen molar-refractivity contribution in [1.82, 2.24) is 13.5 Å². The van der Waals surface area contributed by atoms with Crippen molar-refractivity contribution in [3.63, 3.8) is 0 Å². The van der Waals surface area contributed by atoms with E-state index in [9.17, 15) is 8.42 Å². The monoisotopic (exact) mass is 353 g/mol. The molecule has 19 heavy (non-hydrogen) atoms. The third-order valence-corrected chi connectivity index (χ3v) is 6.34. The van der Waals surface area contributed by atoms with Crippen LogP contribution in [0.5, 0.6) is 0 Å². The van der Waals surface area contributed by atoms with Crippen molar-refractivity contribution in [1.29, 1.82) is 0 Å². The SMILES string of the molecule is O=S(=O)(N1CCCCCC1)N1CCN(CCBr)CC1. The zero-order chi connectivity index (χ0) is 13.7. The first-order chi connectivity index (χ1) is 9.14. The Morgan fingerprint density at radius 1 is 0.789 bits per heavy atom. The van der Waals surface area contributed by atoms with Gasteiger partial charge in [-0.25, -0.2) is 0 Å². The van der Waals surface area contributed by atoms with Crippen LogP contribution in [0.3, 0.4) is 0 Å². The van der Waals surface area contributed by atoms with Crippen molar-refractivity contribution in [3.8, 4) is 0 Å². The Morgan fingerprint density at radius 2 is 1.32 bits per heavy atom. The zero-order valence-corrected chi connectivity index (χ0v) is 13.8. The van der Waals surface area contributed by atoms with Crippen molar-refractivity contribution < 1.29 is 8.42 Å². The summed E-state index contributed by atoms with van der Waals surface area (Å²) in [4.78, 5) is 2.31. The van der Waals surface area contributed by atoms with Crippen molar-refractivity contribution in [2.45, 2.75) is 25.7 Å². The molecule has 0 aliphatic carbocycles. The molecule has 0 aromatic heterocycles. The molecule has 0 spiro atoms. The van der Waals surface area contributed by atoms with E-state index in [-0.39, 0.29) is 0 Å². The van der Waals surface area contributed by atoms with Crippen LogP contribution >= 0.6 is 15.9 Å². The predicted molar refractivity (Wildman–Crippen MR) is 80.8 cm³/mol. The van der Waals surface area contributed by atoms with E-state index in [1.165, 1.54) is 0 Å². The van der Waals surface area contributed by atoms with E-state index >= 15 is 0 Å². The van der Waals surface area contributed by atoms with Gasteiger partial charge in [0.25, 0.3) is 10.2 Å². The Balaban J connectivity index is 1.92. The standard InChI is InChI=1S/C12H24BrN3O2S/c13-5-8-14-9-11-16(12-10-14)19(17,18)15-6-3-1-2-4-7-15/h1-12H2. The minimum Gasteiger partial charge on any atom is -0.300 e. The number of halogens is 1. The highest BCUT2D eigenvalue weighted by Gasteiger charge is 2.32. The van der Waals surface area contributed by atoms with E-state index in [0.29, 0.717) is 26.2 Å². The molecule has 0 aromatic carbocycles. The number of hydrogen-bond donors (Lipinski definition) is 0. The van der Waals surface area contributed by atoms with Gasteiger partial charge in [0.05, 0.1) is 0 Å². The van der Waals surface area contributed by atoms with Gasteiger partial charge in [0, 0.05) is 51.1 Å². The molecule has 0 amide bonds. The van der Waals surface area contributed by atoms with Gasteiger partial charge in [-0.3, -0.25) is 4.90 Å². The molecule has 112 valence electrons.